The van der Waals surface area contributed by atoms with Crippen LogP contribution in [0.1, 0.15) is 46.6 Å². The second-order valence-electron chi connectivity index (χ2n) is 6.19. The highest BCUT2D eigenvalue weighted by atomic mass is 28.4. The lowest BCUT2D eigenvalue weighted by Gasteiger charge is -2.33. The average Bonchev–Trinajstić information content (AvgIpc) is 2.61. The molecule has 0 saturated carbocycles. The van der Waals surface area contributed by atoms with Gasteiger partial charge in [0.05, 0.1) is 0 Å². The van der Waals surface area contributed by atoms with Gasteiger partial charge in [-0.25, -0.2) is 9.68 Å². The molecule has 0 aliphatic carbocycles. The number of benzene rings is 1. The largest absolute Gasteiger partial charge is 0.339 e. The SMILES string of the molecule is CC[Si](CC)(CC)OOC(C)(CCc1ccccc1)OOC(C)=O. The van der Waals surface area contributed by atoms with Gasteiger partial charge >= 0.3 is 5.97 Å². The van der Waals surface area contributed by atoms with E-state index in [1.165, 1.54) is 6.92 Å². The molecule has 1 unspecified atom stereocenters. The number of carbonyl (C=O) groups excluding carboxylic acids is 1. The Morgan fingerprint density at radius 2 is 1.62 bits per heavy atom. The van der Waals surface area contributed by atoms with Crippen LogP contribution in [0.4, 0.5) is 0 Å². The fourth-order valence-corrected chi connectivity index (χ4v) is 4.57. The Hall–Kier alpha value is -1.21. The summed E-state index contributed by atoms with van der Waals surface area (Å²) in [7, 11) is -1.93. The molecule has 1 aromatic rings. The molecule has 0 saturated heterocycles. The summed E-state index contributed by atoms with van der Waals surface area (Å²) in [5.41, 5.74) is 1.16. The summed E-state index contributed by atoms with van der Waals surface area (Å²) in [4.78, 5) is 26.8. The first-order valence-electron chi connectivity index (χ1n) is 8.65. The molecule has 1 rings (SSSR count). The van der Waals surface area contributed by atoms with Crippen LogP contribution in [0.3, 0.4) is 0 Å². The van der Waals surface area contributed by atoms with E-state index in [2.05, 4.69) is 20.8 Å². The Morgan fingerprint density at radius 3 is 2.12 bits per heavy atom. The summed E-state index contributed by atoms with van der Waals surface area (Å²) in [6.45, 7) is 9.39. The zero-order valence-corrected chi connectivity index (χ0v) is 16.5. The monoisotopic (exact) mass is 354 g/mol. The molecule has 136 valence electrons. The Balaban J connectivity index is 2.75. The lowest BCUT2D eigenvalue weighted by Crippen LogP contribution is -2.42. The normalized spacial score (nSPS) is 14.2. The van der Waals surface area contributed by atoms with E-state index in [1.807, 2.05) is 30.3 Å². The first-order valence-corrected chi connectivity index (χ1v) is 11.2. The van der Waals surface area contributed by atoms with Gasteiger partial charge < -0.3 is 0 Å². The third-order valence-corrected chi connectivity index (χ3v) is 8.68. The Labute approximate surface area is 146 Å². The average molecular weight is 355 g/mol. The molecule has 0 aromatic heterocycles. The second kappa shape index (κ2) is 9.93. The number of carbonyl (C=O) groups is 1. The van der Waals surface area contributed by atoms with E-state index in [-0.39, 0.29) is 0 Å². The fraction of sp³-hybridized carbons (Fsp3) is 0.611. The van der Waals surface area contributed by atoms with Crippen molar-refractivity contribution in [3.8, 4) is 0 Å². The minimum absolute atomic E-state index is 0.506. The second-order valence-corrected chi connectivity index (χ2v) is 10.8. The molecule has 0 spiro atoms. The predicted molar refractivity (Wildman–Crippen MR) is 95.4 cm³/mol. The summed E-state index contributed by atoms with van der Waals surface area (Å²) >= 11 is 0. The van der Waals surface area contributed by atoms with Crippen molar-refractivity contribution in [2.45, 2.75) is 71.4 Å². The number of rotatable bonds is 11. The van der Waals surface area contributed by atoms with E-state index < -0.39 is 20.1 Å². The molecule has 24 heavy (non-hydrogen) atoms. The lowest BCUT2D eigenvalue weighted by atomic mass is 10.1. The van der Waals surface area contributed by atoms with Gasteiger partial charge in [0.2, 0.25) is 14.1 Å². The summed E-state index contributed by atoms with van der Waals surface area (Å²) in [5.74, 6) is -1.66. The minimum Gasteiger partial charge on any atom is -0.296 e. The van der Waals surface area contributed by atoms with Gasteiger partial charge in [-0.3, -0.25) is 9.46 Å². The molecular formula is C18H30O5Si. The van der Waals surface area contributed by atoms with Gasteiger partial charge in [0.25, 0.3) is 0 Å². The van der Waals surface area contributed by atoms with Gasteiger partial charge in [0, 0.05) is 13.3 Å². The van der Waals surface area contributed by atoms with Crippen molar-refractivity contribution in [2.75, 3.05) is 0 Å². The van der Waals surface area contributed by atoms with Crippen LogP contribution in [0.25, 0.3) is 0 Å². The van der Waals surface area contributed by atoms with Crippen molar-refractivity contribution in [2.24, 2.45) is 0 Å². The molecule has 1 aromatic carbocycles. The molecule has 0 fully saturated rings. The molecule has 5 nitrogen and oxygen atoms in total. The van der Waals surface area contributed by atoms with E-state index in [4.69, 9.17) is 19.2 Å². The topological polar surface area (TPSA) is 54.0 Å². The molecule has 0 N–H and O–H groups in total. The summed E-state index contributed by atoms with van der Waals surface area (Å²) < 4.78 is 5.89. The van der Waals surface area contributed by atoms with Crippen molar-refractivity contribution in [1.82, 2.24) is 0 Å². The molecule has 0 radical (unpaired) electrons. The van der Waals surface area contributed by atoms with E-state index in [9.17, 15) is 4.79 Å². The van der Waals surface area contributed by atoms with Crippen LogP contribution in [0.15, 0.2) is 30.3 Å². The smallest absolute Gasteiger partial charge is 0.296 e. The quantitative estimate of drug-likeness (QED) is 0.248. The van der Waals surface area contributed by atoms with Crippen LogP contribution in [0, 0.1) is 0 Å². The molecule has 0 aliphatic heterocycles. The van der Waals surface area contributed by atoms with E-state index in [0.29, 0.717) is 6.42 Å². The van der Waals surface area contributed by atoms with E-state index in [0.717, 1.165) is 30.1 Å². The molecule has 0 aliphatic rings. The van der Waals surface area contributed by atoms with Crippen LogP contribution < -0.4 is 0 Å². The zero-order chi connectivity index (χ0) is 18.1. The van der Waals surface area contributed by atoms with Crippen molar-refractivity contribution < 1.29 is 24.0 Å². The third kappa shape index (κ3) is 6.73. The van der Waals surface area contributed by atoms with Crippen LogP contribution in [-0.4, -0.2) is 20.1 Å². The van der Waals surface area contributed by atoms with Gasteiger partial charge in [-0.1, -0.05) is 51.1 Å². The van der Waals surface area contributed by atoms with Crippen LogP contribution in [0.5, 0.6) is 0 Å². The van der Waals surface area contributed by atoms with Crippen molar-refractivity contribution in [3.05, 3.63) is 35.9 Å². The maximum atomic E-state index is 11.1. The van der Waals surface area contributed by atoms with Gasteiger partial charge in [-0.05, 0) is 37.0 Å². The summed E-state index contributed by atoms with van der Waals surface area (Å²) in [6, 6.07) is 12.9. The van der Waals surface area contributed by atoms with Gasteiger partial charge in [0.1, 0.15) is 0 Å². The maximum absolute atomic E-state index is 11.1. The predicted octanol–water partition coefficient (Wildman–Crippen LogP) is 4.78. The van der Waals surface area contributed by atoms with E-state index in [1.54, 1.807) is 6.92 Å². The highest BCUT2D eigenvalue weighted by molar-refractivity contribution is 6.73. The number of hydrogen-bond donors (Lipinski definition) is 0. The van der Waals surface area contributed by atoms with Crippen LogP contribution in [0.2, 0.25) is 18.1 Å². The Bertz CT molecular complexity index is 481. The van der Waals surface area contributed by atoms with Crippen molar-refractivity contribution in [1.29, 1.82) is 0 Å². The van der Waals surface area contributed by atoms with Crippen LogP contribution >= 0.6 is 0 Å². The lowest BCUT2D eigenvalue weighted by molar-refractivity contribution is -0.469. The van der Waals surface area contributed by atoms with Crippen LogP contribution in [-0.2, 0) is 30.5 Å². The third-order valence-electron chi connectivity index (χ3n) is 4.37. The fourth-order valence-electron chi connectivity index (χ4n) is 2.36. The molecule has 6 heteroatoms. The highest BCUT2D eigenvalue weighted by Gasteiger charge is 2.37. The van der Waals surface area contributed by atoms with Crippen molar-refractivity contribution in [3.63, 3.8) is 0 Å². The summed E-state index contributed by atoms with van der Waals surface area (Å²) in [5, 5.41) is 0. The Kier molecular flexibility index (Phi) is 8.62. The number of hydrogen-bond acceptors (Lipinski definition) is 5. The summed E-state index contributed by atoms with van der Waals surface area (Å²) in [6.07, 6.45) is 1.23. The standard InChI is InChI=1S/C18H30O5Si/c1-6-24(7-2,8-3)23-22-18(5,21-20-16(4)19)15-14-17-12-10-9-11-13-17/h9-13H,6-8,14-15H2,1-5H3. The maximum Gasteiger partial charge on any atom is 0.339 e. The number of aryl methyl sites for hydroxylation is 1. The van der Waals surface area contributed by atoms with Gasteiger partial charge in [-0.2, -0.15) is 0 Å². The van der Waals surface area contributed by atoms with Crippen molar-refractivity contribution >= 4 is 14.3 Å². The van der Waals surface area contributed by atoms with Gasteiger partial charge in [-0.15, -0.1) is 4.89 Å². The molecule has 0 heterocycles. The zero-order valence-electron chi connectivity index (χ0n) is 15.5. The minimum atomic E-state index is -1.93. The molecule has 0 bridgehead atoms. The van der Waals surface area contributed by atoms with E-state index >= 15 is 0 Å². The first kappa shape index (κ1) is 20.8. The molecular weight excluding hydrogens is 324 g/mol. The first-order chi connectivity index (χ1) is 11.4. The van der Waals surface area contributed by atoms with Gasteiger partial charge in [0.15, 0.2) is 0 Å². The molecule has 0 amide bonds. The Morgan fingerprint density at radius 1 is 1.04 bits per heavy atom. The highest BCUT2D eigenvalue weighted by Crippen LogP contribution is 2.28. The molecule has 1 atom stereocenters.